The molecule has 0 bridgehead atoms. The molecule has 68 valence electrons. The molecule has 4 heteroatoms. The van der Waals surface area contributed by atoms with Crippen molar-refractivity contribution in [3.05, 3.63) is 33.4 Å². The Morgan fingerprint density at radius 3 is 2.92 bits per heavy atom. The molecule has 0 saturated carbocycles. The third-order valence-corrected chi connectivity index (χ3v) is 2.93. The molecule has 2 rings (SSSR count). The van der Waals surface area contributed by atoms with Crippen LogP contribution in [0.5, 0.6) is 0 Å². The third kappa shape index (κ3) is 1.47. The van der Waals surface area contributed by atoms with Gasteiger partial charge in [-0.25, -0.2) is 0 Å². The van der Waals surface area contributed by atoms with Gasteiger partial charge in [0, 0.05) is 28.0 Å². The number of benzene rings is 1. The molecule has 0 atom stereocenters. The largest absolute Gasteiger partial charge is 0.349 e. The Bertz CT molecular complexity index is 450. The molecule has 0 aliphatic carbocycles. The lowest BCUT2D eigenvalue weighted by atomic mass is 10.2. The van der Waals surface area contributed by atoms with Crippen LogP contribution in [0.1, 0.15) is 5.56 Å². The van der Waals surface area contributed by atoms with Gasteiger partial charge in [-0.05, 0) is 28.1 Å². The van der Waals surface area contributed by atoms with E-state index in [-0.39, 0.29) is 0 Å². The SMILES string of the molecule is NCc1c(Br)[nH]c2cc(Cl)ccc12. The number of rotatable bonds is 1. The highest BCUT2D eigenvalue weighted by Crippen LogP contribution is 2.27. The fourth-order valence-electron chi connectivity index (χ4n) is 1.39. The number of halogens is 2. The first kappa shape index (κ1) is 9.06. The minimum Gasteiger partial charge on any atom is -0.349 e. The Hall–Kier alpha value is -0.510. The van der Waals surface area contributed by atoms with Gasteiger partial charge in [-0.1, -0.05) is 17.7 Å². The highest BCUT2D eigenvalue weighted by atomic mass is 79.9. The quantitative estimate of drug-likeness (QED) is 0.812. The maximum Gasteiger partial charge on any atom is 0.0876 e. The van der Waals surface area contributed by atoms with Gasteiger partial charge in [-0.3, -0.25) is 0 Å². The predicted molar refractivity (Wildman–Crippen MR) is 58.9 cm³/mol. The average Bonchev–Trinajstić information content (AvgIpc) is 2.39. The van der Waals surface area contributed by atoms with Gasteiger partial charge in [-0.2, -0.15) is 0 Å². The van der Waals surface area contributed by atoms with E-state index >= 15 is 0 Å². The zero-order valence-corrected chi connectivity index (χ0v) is 9.11. The van der Waals surface area contributed by atoms with Gasteiger partial charge in [0.05, 0.1) is 4.60 Å². The van der Waals surface area contributed by atoms with Crippen molar-refractivity contribution in [2.75, 3.05) is 0 Å². The molecule has 2 aromatic rings. The van der Waals surface area contributed by atoms with E-state index in [2.05, 4.69) is 20.9 Å². The van der Waals surface area contributed by atoms with Gasteiger partial charge in [0.1, 0.15) is 0 Å². The van der Waals surface area contributed by atoms with Crippen LogP contribution >= 0.6 is 27.5 Å². The van der Waals surface area contributed by atoms with Gasteiger partial charge in [0.25, 0.3) is 0 Å². The standard InChI is InChI=1S/C9H8BrClN2/c10-9-7(4-12)6-2-1-5(11)3-8(6)13-9/h1-3,13H,4,12H2. The van der Waals surface area contributed by atoms with Crippen LogP contribution in [0, 0.1) is 0 Å². The molecule has 13 heavy (non-hydrogen) atoms. The molecular formula is C9H8BrClN2. The van der Waals surface area contributed by atoms with E-state index in [1.54, 1.807) is 0 Å². The number of hydrogen-bond acceptors (Lipinski definition) is 1. The average molecular weight is 260 g/mol. The first-order valence-corrected chi connectivity index (χ1v) is 5.05. The van der Waals surface area contributed by atoms with E-state index < -0.39 is 0 Å². The summed E-state index contributed by atoms with van der Waals surface area (Å²) in [6.45, 7) is 0.516. The molecular weight excluding hydrogens is 251 g/mol. The smallest absolute Gasteiger partial charge is 0.0876 e. The number of nitrogens with one attached hydrogen (secondary N) is 1. The number of hydrogen-bond donors (Lipinski definition) is 2. The van der Waals surface area contributed by atoms with Gasteiger partial charge >= 0.3 is 0 Å². The summed E-state index contributed by atoms with van der Waals surface area (Å²) in [6.07, 6.45) is 0. The first-order valence-electron chi connectivity index (χ1n) is 3.88. The minimum atomic E-state index is 0.516. The molecule has 0 aliphatic heterocycles. The lowest BCUT2D eigenvalue weighted by molar-refractivity contribution is 1.07. The minimum absolute atomic E-state index is 0.516. The van der Waals surface area contributed by atoms with Gasteiger partial charge < -0.3 is 10.7 Å². The van der Waals surface area contributed by atoms with Crippen molar-refractivity contribution in [2.24, 2.45) is 5.73 Å². The van der Waals surface area contributed by atoms with E-state index in [0.29, 0.717) is 6.54 Å². The van der Waals surface area contributed by atoms with Crippen LogP contribution in [0.15, 0.2) is 22.8 Å². The molecule has 0 radical (unpaired) electrons. The lowest BCUT2D eigenvalue weighted by Gasteiger charge is -1.94. The second kappa shape index (κ2) is 3.33. The molecule has 1 heterocycles. The fraction of sp³-hybridized carbons (Fsp3) is 0.111. The van der Waals surface area contributed by atoms with Crippen molar-refractivity contribution >= 4 is 38.4 Å². The Labute approximate surface area is 89.2 Å². The highest BCUT2D eigenvalue weighted by molar-refractivity contribution is 9.10. The highest BCUT2D eigenvalue weighted by Gasteiger charge is 2.07. The maximum atomic E-state index is 5.86. The Balaban J connectivity index is 2.79. The Morgan fingerprint density at radius 2 is 2.23 bits per heavy atom. The monoisotopic (exact) mass is 258 g/mol. The molecule has 3 N–H and O–H groups in total. The van der Waals surface area contributed by atoms with E-state index in [9.17, 15) is 0 Å². The molecule has 2 nitrogen and oxygen atoms in total. The third-order valence-electron chi connectivity index (χ3n) is 2.02. The Kier molecular flexibility index (Phi) is 2.32. The molecule has 1 aromatic heterocycles. The molecule has 0 saturated heterocycles. The van der Waals surface area contributed by atoms with Crippen molar-refractivity contribution in [1.29, 1.82) is 0 Å². The van der Waals surface area contributed by atoms with Crippen molar-refractivity contribution in [2.45, 2.75) is 6.54 Å². The van der Waals surface area contributed by atoms with Crippen LogP contribution in [0.4, 0.5) is 0 Å². The van der Waals surface area contributed by atoms with Gasteiger partial charge in [-0.15, -0.1) is 0 Å². The van der Waals surface area contributed by atoms with Gasteiger partial charge in [0.2, 0.25) is 0 Å². The summed E-state index contributed by atoms with van der Waals surface area (Å²) in [4.78, 5) is 3.17. The normalized spacial score (nSPS) is 11.0. The van der Waals surface area contributed by atoms with Gasteiger partial charge in [0.15, 0.2) is 0 Å². The molecule has 0 spiro atoms. The number of H-pyrrole nitrogens is 1. The molecule has 1 aromatic carbocycles. The first-order chi connectivity index (χ1) is 6.22. The van der Waals surface area contributed by atoms with Crippen molar-refractivity contribution in [3.63, 3.8) is 0 Å². The molecule has 0 aliphatic rings. The van der Waals surface area contributed by atoms with E-state index in [1.165, 1.54) is 0 Å². The van der Waals surface area contributed by atoms with Crippen LogP contribution < -0.4 is 5.73 Å². The number of aromatic amines is 1. The predicted octanol–water partition coefficient (Wildman–Crippen LogP) is 3.04. The number of aromatic nitrogens is 1. The van der Waals surface area contributed by atoms with Crippen LogP contribution in [0.2, 0.25) is 5.02 Å². The van der Waals surface area contributed by atoms with Crippen LogP contribution in [-0.4, -0.2) is 4.98 Å². The summed E-state index contributed by atoms with van der Waals surface area (Å²) in [5, 5.41) is 1.85. The Morgan fingerprint density at radius 1 is 1.46 bits per heavy atom. The molecule has 0 amide bonds. The van der Waals surface area contributed by atoms with Crippen LogP contribution in [-0.2, 0) is 6.54 Å². The summed E-state index contributed by atoms with van der Waals surface area (Å²) in [7, 11) is 0. The van der Waals surface area contributed by atoms with Crippen LogP contribution in [0.3, 0.4) is 0 Å². The zero-order chi connectivity index (χ0) is 9.42. The summed E-state index contributed by atoms with van der Waals surface area (Å²) < 4.78 is 0.937. The van der Waals surface area contributed by atoms with Crippen molar-refractivity contribution < 1.29 is 0 Å². The van der Waals surface area contributed by atoms with E-state index in [4.69, 9.17) is 17.3 Å². The maximum absolute atomic E-state index is 5.86. The summed E-state index contributed by atoms with van der Waals surface area (Å²) in [6, 6.07) is 5.73. The topological polar surface area (TPSA) is 41.8 Å². The second-order valence-corrected chi connectivity index (χ2v) is 4.04. The summed E-state index contributed by atoms with van der Waals surface area (Å²) in [5.41, 5.74) is 7.72. The molecule has 0 unspecified atom stereocenters. The second-order valence-electron chi connectivity index (χ2n) is 2.81. The number of fused-ring (bicyclic) bond motifs is 1. The van der Waals surface area contributed by atoms with Crippen molar-refractivity contribution in [3.8, 4) is 0 Å². The lowest BCUT2D eigenvalue weighted by Crippen LogP contribution is -1.95. The van der Waals surface area contributed by atoms with Crippen molar-refractivity contribution in [1.82, 2.24) is 4.98 Å². The zero-order valence-electron chi connectivity index (χ0n) is 6.77. The van der Waals surface area contributed by atoms with Crippen LogP contribution in [0.25, 0.3) is 10.9 Å². The summed E-state index contributed by atoms with van der Waals surface area (Å²) in [5.74, 6) is 0. The van der Waals surface area contributed by atoms with E-state index in [0.717, 1.165) is 26.1 Å². The molecule has 0 fully saturated rings. The summed E-state index contributed by atoms with van der Waals surface area (Å²) >= 11 is 9.27. The van der Waals surface area contributed by atoms with E-state index in [1.807, 2.05) is 18.2 Å². The fourth-order valence-corrected chi connectivity index (χ4v) is 2.16. The number of nitrogens with two attached hydrogens (primary N) is 1.